The number of hydrogen-bond acceptors (Lipinski definition) is 3. The van der Waals surface area contributed by atoms with Gasteiger partial charge in [0.2, 0.25) is 5.91 Å². The maximum atomic E-state index is 11.6. The van der Waals surface area contributed by atoms with Crippen LogP contribution in [0.1, 0.15) is 33.1 Å². The summed E-state index contributed by atoms with van der Waals surface area (Å²) in [6, 6.07) is 0.251. The molecule has 0 aromatic rings. The molecule has 0 aliphatic heterocycles. The van der Waals surface area contributed by atoms with Gasteiger partial charge in [-0.2, -0.15) is 0 Å². The smallest absolute Gasteiger partial charge is 0.234 e. The van der Waals surface area contributed by atoms with E-state index in [4.69, 9.17) is 18.0 Å². The van der Waals surface area contributed by atoms with Crippen molar-refractivity contribution in [3.05, 3.63) is 0 Å². The van der Waals surface area contributed by atoms with Gasteiger partial charge in [0.1, 0.15) is 0 Å². The molecule has 0 aromatic carbocycles. The minimum atomic E-state index is 0.0615. The monoisotopic (exact) mass is 245 g/mol. The number of hydrogen-bond donors (Lipinski definition) is 2. The van der Waals surface area contributed by atoms with Crippen LogP contribution in [-0.4, -0.2) is 42.0 Å². The van der Waals surface area contributed by atoms with E-state index in [1.807, 2.05) is 18.9 Å². The molecule has 1 amide bonds. The molecular formula is C11H23N3OS. The van der Waals surface area contributed by atoms with Crippen molar-refractivity contribution in [3.63, 3.8) is 0 Å². The van der Waals surface area contributed by atoms with Crippen molar-refractivity contribution >= 4 is 23.1 Å². The predicted molar refractivity (Wildman–Crippen MR) is 71.4 cm³/mol. The van der Waals surface area contributed by atoms with E-state index >= 15 is 0 Å². The summed E-state index contributed by atoms with van der Waals surface area (Å²) in [6.45, 7) is 5.26. The van der Waals surface area contributed by atoms with Crippen molar-refractivity contribution in [2.75, 3.05) is 20.1 Å². The average Bonchev–Trinajstić information content (AvgIpc) is 2.14. The van der Waals surface area contributed by atoms with Crippen LogP contribution in [0, 0.1) is 0 Å². The zero-order valence-electron chi connectivity index (χ0n) is 10.5. The molecule has 0 heterocycles. The van der Waals surface area contributed by atoms with Gasteiger partial charge >= 0.3 is 0 Å². The molecule has 5 heteroatoms. The van der Waals surface area contributed by atoms with E-state index in [9.17, 15) is 4.79 Å². The van der Waals surface area contributed by atoms with E-state index < -0.39 is 0 Å². The van der Waals surface area contributed by atoms with Crippen LogP contribution in [0.2, 0.25) is 0 Å². The molecule has 0 aliphatic rings. The fraction of sp³-hybridized carbons (Fsp3) is 0.818. The van der Waals surface area contributed by atoms with Gasteiger partial charge in [0.15, 0.2) is 0 Å². The van der Waals surface area contributed by atoms with Gasteiger partial charge in [-0.1, -0.05) is 25.6 Å². The minimum Gasteiger partial charge on any atom is -0.393 e. The van der Waals surface area contributed by atoms with E-state index in [2.05, 4.69) is 12.2 Å². The fourth-order valence-corrected chi connectivity index (χ4v) is 1.54. The highest BCUT2D eigenvalue weighted by atomic mass is 32.1. The van der Waals surface area contributed by atoms with Gasteiger partial charge in [0, 0.05) is 19.0 Å². The van der Waals surface area contributed by atoms with E-state index in [1.54, 1.807) is 0 Å². The Morgan fingerprint density at radius 2 is 2.19 bits per heavy atom. The van der Waals surface area contributed by atoms with Crippen molar-refractivity contribution in [3.8, 4) is 0 Å². The van der Waals surface area contributed by atoms with Crippen molar-refractivity contribution in [1.82, 2.24) is 10.2 Å². The molecule has 3 N–H and O–H groups in total. The van der Waals surface area contributed by atoms with Gasteiger partial charge in [0.05, 0.1) is 11.5 Å². The molecule has 0 bridgehead atoms. The third-order valence-electron chi connectivity index (χ3n) is 2.28. The fourth-order valence-electron chi connectivity index (χ4n) is 1.45. The van der Waals surface area contributed by atoms with Crippen molar-refractivity contribution < 1.29 is 4.79 Å². The molecule has 0 aromatic heterocycles. The lowest BCUT2D eigenvalue weighted by atomic mass is 10.2. The first kappa shape index (κ1) is 15.3. The molecule has 0 radical (unpaired) electrons. The number of rotatable bonds is 8. The molecular weight excluding hydrogens is 222 g/mol. The Labute approximate surface area is 104 Å². The topological polar surface area (TPSA) is 58.4 Å². The summed E-state index contributed by atoms with van der Waals surface area (Å²) >= 11 is 4.78. The van der Waals surface area contributed by atoms with Gasteiger partial charge in [-0.15, -0.1) is 0 Å². The highest BCUT2D eigenvalue weighted by molar-refractivity contribution is 7.80. The molecule has 0 aliphatic carbocycles. The van der Waals surface area contributed by atoms with E-state index in [-0.39, 0.29) is 11.9 Å². The third kappa shape index (κ3) is 8.61. The summed E-state index contributed by atoms with van der Waals surface area (Å²) < 4.78 is 0. The second-order valence-corrected chi connectivity index (χ2v) is 4.74. The van der Waals surface area contributed by atoms with Crippen LogP contribution in [0.15, 0.2) is 0 Å². The molecule has 4 nitrogen and oxygen atoms in total. The molecule has 1 unspecified atom stereocenters. The third-order valence-corrected chi connectivity index (χ3v) is 2.49. The lowest BCUT2D eigenvalue weighted by Crippen LogP contribution is -2.40. The zero-order chi connectivity index (χ0) is 12.6. The summed E-state index contributed by atoms with van der Waals surface area (Å²) in [6.07, 6.45) is 2.75. The lowest BCUT2D eigenvalue weighted by Gasteiger charge is -2.18. The number of carbonyl (C=O) groups excluding carboxylic acids is 1. The zero-order valence-corrected chi connectivity index (χ0v) is 11.3. The molecule has 0 fully saturated rings. The Bertz CT molecular complexity index is 233. The van der Waals surface area contributed by atoms with Crippen LogP contribution in [0.5, 0.6) is 0 Å². The van der Waals surface area contributed by atoms with Gasteiger partial charge in [-0.3, -0.25) is 9.69 Å². The van der Waals surface area contributed by atoms with Crippen LogP contribution in [0.3, 0.4) is 0 Å². The summed E-state index contributed by atoms with van der Waals surface area (Å²) in [5, 5.41) is 2.95. The lowest BCUT2D eigenvalue weighted by molar-refractivity contribution is -0.122. The number of likely N-dealkylation sites (N-methyl/N-ethyl adjacent to an activating group) is 1. The SMILES string of the molecule is CCCC(C)NC(=O)CN(C)CCC(N)=S. The number of nitrogens with one attached hydrogen (secondary N) is 1. The molecule has 94 valence electrons. The van der Waals surface area contributed by atoms with E-state index in [0.29, 0.717) is 18.0 Å². The molecule has 0 rings (SSSR count). The minimum absolute atomic E-state index is 0.0615. The van der Waals surface area contributed by atoms with Gasteiger partial charge in [0.25, 0.3) is 0 Å². The Hall–Kier alpha value is -0.680. The van der Waals surface area contributed by atoms with Crippen molar-refractivity contribution in [1.29, 1.82) is 0 Å². The molecule has 16 heavy (non-hydrogen) atoms. The van der Waals surface area contributed by atoms with E-state index in [1.165, 1.54) is 0 Å². The second-order valence-electron chi connectivity index (χ2n) is 4.21. The number of nitrogens with two attached hydrogens (primary N) is 1. The van der Waals surface area contributed by atoms with E-state index in [0.717, 1.165) is 19.4 Å². The Balaban J connectivity index is 3.73. The number of nitrogens with zero attached hydrogens (tertiary/aromatic N) is 1. The number of amides is 1. The molecule has 0 saturated heterocycles. The highest BCUT2D eigenvalue weighted by Crippen LogP contribution is 1.95. The largest absolute Gasteiger partial charge is 0.393 e. The first-order chi connectivity index (χ1) is 7.45. The summed E-state index contributed by atoms with van der Waals surface area (Å²) in [4.78, 5) is 14.0. The van der Waals surface area contributed by atoms with Gasteiger partial charge < -0.3 is 11.1 Å². The quantitative estimate of drug-likeness (QED) is 0.624. The summed E-state index contributed by atoms with van der Waals surface area (Å²) in [5.74, 6) is 0.0615. The summed E-state index contributed by atoms with van der Waals surface area (Å²) in [5.41, 5.74) is 5.40. The van der Waals surface area contributed by atoms with Gasteiger partial charge in [-0.25, -0.2) is 0 Å². The van der Waals surface area contributed by atoms with Crippen molar-refractivity contribution in [2.45, 2.75) is 39.2 Å². The Morgan fingerprint density at radius 3 is 2.69 bits per heavy atom. The molecule has 1 atom stereocenters. The molecule has 0 spiro atoms. The number of thiocarbonyl (C=S) groups is 1. The Morgan fingerprint density at radius 1 is 1.56 bits per heavy atom. The van der Waals surface area contributed by atoms with Crippen LogP contribution in [0.25, 0.3) is 0 Å². The maximum absolute atomic E-state index is 11.6. The maximum Gasteiger partial charge on any atom is 0.234 e. The van der Waals surface area contributed by atoms with Crippen LogP contribution in [0.4, 0.5) is 0 Å². The van der Waals surface area contributed by atoms with Gasteiger partial charge in [-0.05, 0) is 20.4 Å². The second kappa shape index (κ2) is 8.47. The summed E-state index contributed by atoms with van der Waals surface area (Å²) in [7, 11) is 1.89. The van der Waals surface area contributed by atoms with Crippen LogP contribution >= 0.6 is 12.2 Å². The number of carbonyl (C=O) groups is 1. The van der Waals surface area contributed by atoms with Crippen molar-refractivity contribution in [2.24, 2.45) is 5.73 Å². The predicted octanol–water partition coefficient (Wildman–Crippen LogP) is 0.899. The molecule has 0 saturated carbocycles. The standard InChI is InChI=1S/C11H23N3OS/c1-4-5-9(2)13-11(15)8-14(3)7-6-10(12)16/h9H,4-8H2,1-3H3,(H2,12,16)(H,13,15). The average molecular weight is 245 g/mol. The first-order valence-electron chi connectivity index (χ1n) is 5.72. The highest BCUT2D eigenvalue weighted by Gasteiger charge is 2.09. The van der Waals surface area contributed by atoms with Crippen LogP contribution in [-0.2, 0) is 4.79 Å². The normalized spacial score (nSPS) is 12.5. The Kier molecular flexibility index (Phi) is 8.11. The van der Waals surface area contributed by atoms with Crippen LogP contribution < -0.4 is 11.1 Å². The first-order valence-corrected chi connectivity index (χ1v) is 6.12.